The first-order valence-corrected chi connectivity index (χ1v) is 5.39. The minimum absolute atomic E-state index is 0.0857. The zero-order chi connectivity index (χ0) is 9.19. The average Bonchev–Trinajstić information content (AvgIpc) is 2.38. The van der Waals surface area contributed by atoms with Crippen LogP contribution < -0.4 is 10.0 Å². The summed E-state index contributed by atoms with van der Waals surface area (Å²) in [5.74, 6) is 0. The first-order chi connectivity index (χ1) is 5.52. The van der Waals surface area contributed by atoms with Crippen LogP contribution in [0, 0.1) is 0 Å². The fraction of sp³-hybridized carbons (Fsp3) is 1.00. The van der Waals surface area contributed by atoms with Crippen LogP contribution in [0.3, 0.4) is 0 Å². The topological polar surface area (TPSA) is 61.4 Å². The predicted octanol–water partition coefficient (Wildman–Crippen LogP) is -0.908. The zero-order valence-corrected chi connectivity index (χ0v) is 8.19. The van der Waals surface area contributed by atoms with E-state index in [1.165, 1.54) is 18.4 Å². The van der Waals surface area contributed by atoms with Gasteiger partial charge in [-0.3, -0.25) is 0 Å². The highest BCUT2D eigenvalue weighted by Gasteiger charge is 2.21. The van der Waals surface area contributed by atoms with E-state index in [1.54, 1.807) is 0 Å². The second-order valence-corrected chi connectivity index (χ2v) is 4.97. The molecule has 2 N–H and O–H groups in total. The molecule has 0 aromatic rings. The molecule has 0 bridgehead atoms. The monoisotopic (exact) mass is 193 g/mol. The van der Waals surface area contributed by atoms with E-state index in [0.29, 0.717) is 0 Å². The van der Waals surface area contributed by atoms with Crippen molar-refractivity contribution in [2.24, 2.45) is 0 Å². The molecule has 1 unspecified atom stereocenters. The Balaban J connectivity index is 2.49. The van der Waals surface area contributed by atoms with Crippen LogP contribution in [0.2, 0.25) is 0 Å². The molecule has 0 aromatic heterocycles. The highest BCUT2D eigenvalue weighted by molar-refractivity contribution is 7.87. The van der Waals surface area contributed by atoms with Crippen molar-refractivity contribution >= 4 is 10.2 Å². The fourth-order valence-electron chi connectivity index (χ4n) is 1.07. The van der Waals surface area contributed by atoms with E-state index in [0.717, 1.165) is 19.4 Å². The summed E-state index contributed by atoms with van der Waals surface area (Å²) in [5, 5.41) is 3.05. The molecule has 1 rings (SSSR count). The summed E-state index contributed by atoms with van der Waals surface area (Å²) in [5.41, 5.74) is 0. The Morgan fingerprint density at radius 2 is 2.17 bits per heavy atom. The molecule has 1 aliphatic rings. The average molecular weight is 193 g/mol. The Morgan fingerprint density at radius 3 is 2.58 bits per heavy atom. The molecule has 1 saturated heterocycles. The van der Waals surface area contributed by atoms with Gasteiger partial charge in [-0.2, -0.15) is 17.4 Å². The highest BCUT2D eigenvalue weighted by atomic mass is 32.2. The van der Waals surface area contributed by atoms with E-state index in [9.17, 15) is 8.42 Å². The lowest BCUT2D eigenvalue weighted by molar-refractivity contribution is 0.475. The maximum absolute atomic E-state index is 11.3. The summed E-state index contributed by atoms with van der Waals surface area (Å²) in [6, 6.07) is 0. The van der Waals surface area contributed by atoms with Crippen LogP contribution in [0.1, 0.15) is 12.8 Å². The van der Waals surface area contributed by atoms with E-state index in [2.05, 4.69) is 10.0 Å². The third kappa shape index (κ3) is 2.41. The normalized spacial score (nSPS) is 25.1. The molecule has 1 heterocycles. The Bertz CT molecular complexity index is 231. The Labute approximate surface area is 73.3 Å². The van der Waals surface area contributed by atoms with Gasteiger partial charge < -0.3 is 5.32 Å². The standard InChI is InChI=1S/C6H15N3O2S/c1-9(2)12(10,11)8-6-4-3-5-7-6/h6-8H,3-5H2,1-2H3. The van der Waals surface area contributed by atoms with Gasteiger partial charge in [-0.05, 0) is 19.4 Å². The molecule has 0 spiro atoms. The number of hydrogen-bond acceptors (Lipinski definition) is 3. The van der Waals surface area contributed by atoms with E-state index >= 15 is 0 Å². The van der Waals surface area contributed by atoms with Gasteiger partial charge in [0, 0.05) is 14.1 Å². The molecule has 12 heavy (non-hydrogen) atoms. The molecule has 1 aliphatic heterocycles. The van der Waals surface area contributed by atoms with E-state index in [-0.39, 0.29) is 6.17 Å². The quantitative estimate of drug-likeness (QED) is 0.610. The van der Waals surface area contributed by atoms with Crippen molar-refractivity contribution < 1.29 is 8.42 Å². The van der Waals surface area contributed by atoms with Crippen LogP contribution in [-0.2, 0) is 10.2 Å². The van der Waals surface area contributed by atoms with Gasteiger partial charge in [0.15, 0.2) is 0 Å². The Morgan fingerprint density at radius 1 is 1.50 bits per heavy atom. The van der Waals surface area contributed by atoms with Crippen LogP contribution in [0.25, 0.3) is 0 Å². The van der Waals surface area contributed by atoms with E-state index in [4.69, 9.17) is 0 Å². The van der Waals surface area contributed by atoms with Crippen LogP contribution in [0.15, 0.2) is 0 Å². The molecule has 1 fully saturated rings. The third-order valence-electron chi connectivity index (χ3n) is 1.83. The van der Waals surface area contributed by atoms with Gasteiger partial charge in [-0.1, -0.05) is 0 Å². The molecular weight excluding hydrogens is 178 g/mol. The Kier molecular flexibility index (Phi) is 3.05. The summed E-state index contributed by atoms with van der Waals surface area (Å²) in [7, 11) is -0.238. The number of rotatable bonds is 3. The van der Waals surface area contributed by atoms with Gasteiger partial charge in [-0.15, -0.1) is 0 Å². The van der Waals surface area contributed by atoms with Crippen LogP contribution in [-0.4, -0.2) is 39.5 Å². The van der Waals surface area contributed by atoms with Gasteiger partial charge in [0.25, 0.3) is 10.2 Å². The second kappa shape index (κ2) is 3.69. The minimum Gasteiger partial charge on any atom is -0.301 e. The molecule has 0 saturated carbocycles. The largest absolute Gasteiger partial charge is 0.301 e. The van der Waals surface area contributed by atoms with Crippen molar-refractivity contribution in [1.82, 2.24) is 14.3 Å². The smallest absolute Gasteiger partial charge is 0.280 e. The van der Waals surface area contributed by atoms with E-state index < -0.39 is 10.2 Å². The van der Waals surface area contributed by atoms with Crippen molar-refractivity contribution in [1.29, 1.82) is 0 Å². The second-order valence-electron chi connectivity index (χ2n) is 3.05. The number of nitrogens with zero attached hydrogens (tertiary/aromatic N) is 1. The SMILES string of the molecule is CN(C)S(=O)(=O)NC1CCCN1. The lowest BCUT2D eigenvalue weighted by Crippen LogP contribution is -2.46. The van der Waals surface area contributed by atoms with Crippen LogP contribution >= 0.6 is 0 Å². The number of nitrogens with one attached hydrogen (secondary N) is 2. The number of hydrogen-bond donors (Lipinski definition) is 2. The fourth-order valence-corrected chi connectivity index (χ4v) is 1.84. The molecule has 5 nitrogen and oxygen atoms in total. The third-order valence-corrected chi connectivity index (χ3v) is 3.38. The molecule has 0 amide bonds. The van der Waals surface area contributed by atoms with Crippen molar-refractivity contribution in [2.75, 3.05) is 20.6 Å². The first-order valence-electron chi connectivity index (χ1n) is 3.95. The zero-order valence-electron chi connectivity index (χ0n) is 7.37. The van der Waals surface area contributed by atoms with Crippen molar-refractivity contribution in [2.45, 2.75) is 19.0 Å². The van der Waals surface area contributed by atoms with Gasteiger partial charge in [0.2, 0.25) is 0 Å². The first kappa shape index (κ1) is 9.91. The van der Waals surface area contributed by atoms with Crippen molar-refractivity contribution in [3.05, 3.63) is 0 Å². The molecular formula is C6H15N3O2S. The van der Waals surface area contributed by atoms with Gasteiger partial charge in [0.1, 0.15) is 0 Å². The summed E-state index contributed by atoms with van der Waals surface area (Å²) >= 11 is 0. The predicted molar refractivity (Wildman–Crippen MR) is 46.8 cm³/mol. The van der Waals surface area contributed by atoms with Crippen molar-refractivity contribution in [3.8, 4) is 0 Å². The lowest BCUT2D eigenvalue weighted by Gasteiger charge is -2.16. The maximum Gasteiger partial charge on any atom is 0.280 e. The summed E-state index contributed by atoms with van der Waals surface area (Å²) in [6.45, 7) is 0.889. The van der Waals surface area contributed by atoms with Crippen molar-refractivity contribution in [3.63, 3.8) is 0 Å². The highest BCUT2D eigenvalue weighted by Crippen LogP contribution is 2.03. The lowest BCUT2D eigenvalue weighted by atomic mass is 10.3. The summed E-state index contributed by atoms with van der Waals surface area (Å²) in [6.07, 6.45) is 1.81. The van der Waals surface area contributed by atoms with Crippen LogP contribution in [0.4, 0.5) is 0 Å². The van der Waals surface area contributed by atoms with Gasteiger partial charge >= 0.3 is 0 Å². The molecule has 0 aliphatic carbocycles. The molecule has 0 aromatic carbocycles. The molecule has 72 valence electrons. The maximum atomic E-state index is 11.3. The molecule has 6 heteroatoms. The van der Waals surface area contributed by atoms with E-state index in [1.807, 2.05) is 0 Å². The van der Waals surface area contributed by atoms with Gasteiger partial charge in [-0.25, -0.2) is 0 Å². The van der Waals surface area contributed by atoms with Gasteiger partial charge in [0.05, 0.1) is 6.17 Å². The Hall–Kier alpha value is -0.170. The van der Waals surface area contributed by atoms with Crippen LogP contribution in [0.5, 0.6) is 0 Å². The molecule has 1 atom stereocenters. The molecule has 0 radical (unpaired) electrons. The minimum atomic E-state index is -3.26. The summed E-state index contributed by atoms with van der Waals surface area (Å²) in [4.78, 5) is 0. The summed E-state index contributed by atoms with van der Waals surface area (Å²) < 4.78 is 26.2.